The van der Waals surface area contributed by atoms with Crippen molar-refractivity contribution in [3.05, 3.63) is 119 Å². The highest BCUT2D eigenvalue weighted by Crippen LogP contribution is 2.29. The lowest BCUT2D eigenvalue weighted by molar-refractivity contribution is 0.0597. The molecule has 6 heteroatoms. The number of amides is 1. The Labute approximate surface area is 212 Å². The molecule has 0 spiro atoms. The minimum Gasteiger partial charge on any atom is -0.489 e. The zero-order valence-corrected chi connectivity index (χ0v) is 20.8. The molecule has 1 aliphatic heterocycles. The van der Waals surface area contributed by atoms with Crippen molar-refractivity contribution in [1.82, 2.24) is 15.0 Å². The molecule has 1 saturated heterocycles. The van der Waals surface area contributed by atoms with Crippen molar-refractivity contribution in [3.63, 3.8) is 0 Å². The summed E-state index contributed by atoms with van der Waals surface area (Å²) in [4.78, 5) is 17.6. The number of hydrogen-bond acceptors (Lipinski definition) is 5. The van der Waals surface area contributed by atoms with Crippen LogP contribution in [0.15, 0.2) is 89.5 Å². The van der Waals surface area contributed by atoms with Crippen molar-refractivity contribution in [2.45, 2.75) is 26.5 Å². The molecule has 0 bridgehead atoms. The summed E-state index contributed by atoms with van der Waals surface area (Å²) in [5.41, 5.74) is 5.01. The molecule has 1 amide bonds. The zero-order valence-electron chi connectivity index (χ0n) is 20.8. The topological polar surface area (TPSA) is 58.8 Å². The van der Waals surface area contributed by atoms with Gasteiger partial charge >= 0.3 is 0 Å². The molecule has 1 aromatic heterocycles. The maximum absolute atomic E-state index is 13.2. The van der Waals surface area contributed by atoms with Gasteiger partial charge in [-0.1, -0.05) is 65.8 Å². The van der Waals surface area contributed by atoms with Gasteiger partial charge in [-0.05, 0) is 49.2 Å². The third kappa shape index (κ3) is 5.19. The van der Waals surface area contributed by atoms with Gasteiger partial charge in [0.25, 0.3) is 5.91 Å². The van der Waals surface area contributed by atoms with Crippen LogP contribution in [0.3, 0.4) is 0 Å². The van der Waals surface area contributed by atoms with Gasteiger partial charge in [-0.2, -0.15) is 0 Å². The van der Waals surface area contributed by atoms with E-state index in [-0.39, 0.29) is 11.9 Å². The smallest absolute Gasteiger partial charge is 0.253 e. The van der Waals surface area contributed by atoms with Crippen LogP contribution in [0.2, 0.25) is 0 Å². The Morgan fingerprint density at radius 3 is 1.97 bits per heavy atom. The number of carbonyl (C=O) groups is 1. The largest absolute Gasteiger partial charge is 0.489 e. The van der Waals surface area contributed by atoms with Gasteiger partial charge in [0.15, 0.2) is 0 Å². The molecule has 6 nitrogen and oxygen atoms in total. The first kappa shape index (κ1) is 23.8. The lowest BCUT2D eigenvalue weighted by Crippen LogP contribution is -2.49. The van der Waals surface area contributed by atoms with E-state index in [1.807, 2.05) is 43.0 Å². The van der Waals surface area contributed by atoms with Crippen LogP contribution in [0.1, 0.15) is 44.5 Å². The van der Waals surface area contributed by atoms with Crippen molar-refractivity contribution in [3.8, 4) is 5.75 Å². The minimum absolute atomic E-state index is 0.0582. The van der Waals surface area contributed by atoms with Crippen LogP contribution in [0, 0.1) is 13.8 Å². The normalized spacial score (nSPS) is 14.2. The second-order valence-electron chi connectivity index (χ2n) is 9.17. The molecule has 3 aromatic carbocycles. The second-order valence-corrected chi connectivity index (χ2v) is 9.17. The Morgan fingerprint density at radius 2 is 1.44 bits per heavy atom. The Hall–Kier alpha value is -3.90. The SMILES string of the molecule is Cc1noc(C)c1COc1ccc(C(=O)N2CCN(C(c3ccccc3)c3ccccc3)CC2)cc1. The standard InChI is InChI=1S/C30H31N3O3/c1-22-28(23(2)36-31-22)21-35-27-15-13-26(14-16-27)30(34)33-19-17-32(18-20-33)29(24-9-5-3-6-10-24)25-11-7-4-8-12-25/h3-16,29H,17-21H2,1-2H3. The highest BCUT2D eigenvalue weighted by Gasteiger charge is 2.28. The van der Waals surface area contributed by atoms with Crippen LogP contribution < -0.4 is 4.74 Å². The predicted molar refractivity (Wildman–Crippen MR) is 139 cm³/mol. The first-order valence-corrected chi connectivity index (χ1v) is 12.4. The van der Waals surface area contributed by atoms with E-state index in [1.54, 1.807) is 0 Å². The number of rotatable bonds is 7. The van der Waals surface area contributed by atoms with Crippen LogP contribution >= 0.6 is 0 Å². The summed E-state index contributed by atoms with van der Waals surface area (Å²) in [5.74, 6) is 1.54. The lowest BCUT2D eigenvalue weighted by atomic mass is 9.96. The number of benzene rings is 3. The quantitative estimate of drug-likeness (QED) is 0.353. The molecule has 5 rings (SSSR count). The third-order valence-corrected chi connectivity index (χ3v) is 6.86. The maximum atomic E-state index is 13.2. The van der Waals surface area contributed by atoms with Gasteiger partial charge in [-0.25, -0.2) is 0 Å². The van der Waals surface area contributed by atoms with E-state index < -0.39 is 0 Å². The number of hydrogen-bond donors (Lipinski definition) is 0. The molecule has 0 atom stereocenters. The number of nitrogens with zero attached hydrogens (tertiary/aromatic N) is 3. The highest BCUT2D eigenvalue weighted by atomic mass is 16.5. The first-order chi connectivity index (χ1) is 17.6. The monoisotopic (exact) mass is 481 g/mol. The molecule has 0 unspecified atom stereocenters. The van der Waals surface area contributed by atoms with Crippen molar-refractivity contribution in [1.29, 1.82) is 0 Å². The van der Waals surface area contributed by atoms with Crippen LogP contribution in [-0.2, 0) is 6.61 Å². The van der Waals surface area contributed by atoms with E-state index in [1.165, 1.54) is 11.1 Å². The van der Waals surface area contributed by atoms with Crippen LogP contribution in [-0.4, -0.2) is 47.0 Å². The van der Waals surface area contributed by atoms with E-state index in [2.05, 4.69) is 70.7 Å². The average molecular weight is 482 g/mol. The number of aromatic nitrogens is 1. The minimum atomic E-state index is 0.0582. The Balaban J connectivity index is 1.21. The summed E-state index contributed by atoms with van der Waals surface area (Å²) in [6.45, 7) is 7.19. The molecular weight excluding hydrogens is 450 g/mol. The average Bonchev–Trinajstić information content (AvgIpc) is 3.26. The molecule has 2 heterocycles. The maximum Gasteiger partial charge on any atom is 0.253 e. The molecular formula is C30H31N3O3. The number of carbonyl (C=O) groups excluding carboxylic acids is 1. The lowest BCUT2D eigenvalue weighted by Gasteiger charge is -2.39. The van der Waals surface area contributed by atoms with E-state index >= 15 is 0 Å². The van der Waals surface area contributed by atoms with Crippen molar-refractivity contribution in [2.24, 2.45) is 0 Å². The van der Waals surface area contributed by atoms with Gasteiger partial charge in [0.05, 0.1) is 17.3 Å². The van der Waals surface area contributed by atoms with E-state index in [0.29, 0.717) is 31.0 Å². The highest BCUT2D eigenvalue weighted by molar-refractivity contribution is 5.94. The molecule has 0 aliphatic carbocycles. The van der Waals surface area contributed by atoms with Crippen molar-refractivity contribution >= 4 is 5.91 Å². The predicted octanol–water partition coefficient (Wildman–Crippen LogP) is 5.42. The molecule has 0 radical (unpaired) electrons. The van der Waals surface area contributed by atoms with Gasteiger partial charge in [0, 0.05) is 31.7 Å². The summed E-state index contributed by atoms with van der Waals surface area (Å²) < 4.78 is 11.1. The molecule has 0 saturated carbocycles. The van der Waals surface area contributed by atoms with Gasteiger partial charge in [-0.3, -0.25) is 9.69 Å². The summed E-state index contributed by atoms with van der Waals surface area (Å²) in [6, 6.07) is 28.8. The Bertz CT molecular complexity index is 1220. The van der Waals surface area contributed by atoms with Crippen LogP contribution in [0.4, 0.5) is 0 Å². The van der Waals surface area contributed by atoms with Crippen molar-refractivity contribution < 1.29 is 14.1 Å². The molecule has 0 N–H and O–H groups in total. The van der Waals surface area contributed by atoms with Gasteiger partial charge in [-0.15, -0.1) is 0 Å². The number of aryl methyl sites for hydroxylation is 2. The fourth-order valence-electron chi connectivity index (χ4n) is 4.81. The van der Waals surface area contributed by atoms with Gasteiger partial charge in [0.1, 0.15) is 18.1 Å². The van der Waals surface area contributed by atoms with Gasteiger partial charge < -0.3 is 14.2 Å². The molecule has 184 valence electrons. The summed E-state index contributed by atoms with van der Waals surface area (Å²) >= 11 is 0. The molecule has 36 heavy (non-hydrogen) atoms. The fraction of sp³-hybridized carbons (Fsp3) is 0.267. The summed E-state index contributed by atoms with van der Waals surface area (Å²) in [7, 11) is 0. The molecule has 1 fully saturated rings. The van der Waals surface area contributed by atoms with E-state index in [4.69, 9.17) is 9.26 Å². The molecule has 1 aliphatic rings. The summed E-state index contributed by atoms with van der Waals surface area (Å²) in [5, 5.41) is 3.96. The zero-order chi connectivity index (χ0) is 24.9. The van der Waals surface area contributed by atoms with E-state index in [0.717, 1.165) is 30.1 Å². The Kier molecular flexibility index (Phi) is 7.14. The first-order valence-electron chi connectivity index (χ1n) is 12.4. The number of piperazine rings is 1. The Morgan fingerprint density at radius 1 is 0.861 bits per heavy atom. The number of ether oxygens (including phenoxy) is 1. The third-order valence-electron chi connectivity index (χ3n) is 6.86. The molecule has 4 aromatic rings. The van der Waals surface area contributed by atoms with Crippen molar-refractivity contribution in [2.75, 3.05) is 26.2 Å². The summed E-state index contributed by atoms with van der Waals surface area (Å²) in [6.07, 6.45) is 0. The van der Waals surface area contributed by atoms with Crippen LogP contribution in [0.5, 0.6) is 5.75 Å². The second kappa shape index (κ2) is 10.8. The fourth-order valence-corrected chi connectivity index (χ4v) is 4.81. The van der Waals surface area contributed by atoms with E-state index in [9.17, 15) is 4.79 Å². The van der Waals surface area contributed by atoms with Crippen LogP contribution in [0.25, 0.3) is 0 Å². The van der Waals surface area contributed by atoms with Gasteiger partial charge in [0.2, 0.25) is 0 Å².